The number of nitrogens with zero attached hydrogens (tertiary/aromatic N) is 1. The quantitative estimate of drug-likeness (QED) is 0.700. The molecule has 1 aliphatic rings. The molecule has 0 saturated heterocycles. The zero-order valence-electron chi connectivity index (χ0n) is 18.3. The molecule has 1 amide bonds. The van der Waals surface area contributed by atoms with Gasteiger partial charge in [-0.25, -0.2) is 8.42 Å². The molecule has 1 aliphatic heterocycles. The first kappa shape index (κ1) is 22.7. The van der Waals surface area contributed by atoms with Gasteiger partial charge in [0.1, 0.15) is 6.04 Å². The largest absolute Gasteiger partial charge is 0.493 e. The normalized spacial score (nSPS) is 15.9. The fourth-order valence-electron chi connectivity index (χ4n) is 3.75. The Balaban J connectivity index is 2.19. The fourth-order valence-corrected chi connectivity index (χ4v) is 5.46. The maximum atomic E-state index is 13.9. The van der Waals surface area contributed by atoms with Crippen LogP contribution in [0.2, 0.25) is 0 Å². The van der Waals surface area contributed by atoms with E-state index in [4.69, 9.17) is 14.2 Å². The standard InChI is InChI=1S/C22H28N2O6S/c1-14(2)23-22(25)18-11-10-15-8-6-7-9-17(15)24(18)31(26,27)16-12-19(28-3)21(30-5)20(13-16)29-4/h6-9,12-14,18H,10-11H2,1-5H3,(H,23,25). The van der Waals surface area contributed by atoms with Gasteiger partial charge in [0.25, 0.3) is 10.0 Å². The second-order valence-corrected chi connectivity index (χ2v) is 9.32. The number of ether oxygens (including phenoxy) is 3. The first-order valence-corrected chi connectivity index (χ1v) is 11.4. The number of sulfonamides is 1. The van der Waals surface area contributed by atoms with Crippen LogP contribution >= 0.6 is 0 Å². The monoisotopic (exact) mass is 448 g/mol. The highest BCUT2D eigenvalue weighted by Crippen LogP contribution is 2.42. The molecular weight excluding hydrogens is 420 g/mol. The highest BCUT2D eigenvalue weighted by atomic mass is 32.2. The number of benzene rings is 2. The lowest BCUT2D eigenvalue weighted by Crippen LogP contribution is -2.53. The average Bonchev–Trinajstić information content (AvgIpc) is 2.76. The summed E-state index contributed by atoms with van der Waals surface area (Å²) in [6, 6.07) is 8.99. The van der Waals surface area contributed by atoms with Crippen LogP contribution in [0.3, 0.4) is 0 Å². The molecule has 0 saturated carbocycles. The summed E-state index contributed by atoms with van der Waals surface area (Å²) >= 11 is 0. The van der Waals surface area contributed by atoms with Crippen LogP contribution in [-0.2, 0) is 21.2 Å². The smallest absolute Gasteiger partial charge is 0.265 e. The minimum Gasteiger partial charge on any atom is -0.493 e. The maximum absolute atomic E-state index is 13.9. The van der Waals surface area contributed by atoms with Crippen molar-refractivity contribution >= 4 is 21.6 Å². The highest BCUT2D eigenvalue weighted by molar-refractivity contribution is 7.93. The van der Waals surface area contributed by atoms with Gasteiger partial charge < -0.3 is 19.5 Å². The van der Waals surface area contributed by atoms with Crippen molar-refractivity contribution < 1.29 is 27.4 Å². The first-order valence-electron chi connectivity index (χ1n) is 9.97. The van der Waals surface area contributed by atoms with Gasteiger partial charge in [0.2, 0.25) is 11.7 Å². The highest BCUT2D eigenvalue weighted by Gasteiger charge is 2.40. The fraction of sp³-hybridized carbons (Fsp3) is 0.409. The third-order valence-electron chi connectivity index (χ3n) is 5.13. The number of rotatable bonds is 7. The molecule has 31 heavy (non-hydrogen) atoms. The van der Waals surface area contributed by atoms with E-state index in [0.717, 1.165) is 5.56 Å². The van der Waals surface area contributed by atoms with Crippen LogP contribution < -0.4 is 23.8 Å². The van der Waals surface area contributed by atoms with Crippen molar-refractivity contribution in [2.45, 2.75) is 43.7 Å². The van der Waals surface area contributed by atoms with Crippen LogP contribution in [-0.4, -0.2) is 47.7 Å². The van der Waals surface area contributed by atoms with Crippen molar-refractivity contribution in [2.24, 2.45) is 0 Å². The van der Waals surface area contributed by atoms with Gasteiger partial charge in [-0.2, -0.15) is 0 Å². The molecule has 2 aromatic rings. The summed E-state index contributed by atoms with van der Waals surface area (Å²) < 4.78 is 44.9. The Bertz CT molecular complexity index is 1040. The van der Waals surface area contributed by atoms with E-state index in [1.54, 1.807) is 12.1 Å². The van der Waals surface area contributed by atoms with Gasteiger partial charge in [-0.05, 0) is 38.3 Å². The molecule has 0 radical (unpaired) electrons. The molecule has 0 aromatic heterocycles. The van der Waals surface area contributed by atoms with Gasteiger partial charge >= 0.3 is 0 Å². The number of hydrogen-bond acceptors (Lipinski definition) is 6. The third kappa shape index (κ3) is 4.27. The number of carbonyl (C=O) groups is 1. The van der Waals surface area contributed by atoms with E-state index in [0.29, 0.717) is 18.5 Å². The van der Waals surface area contributed by atoms with Crippen molar-refractivity contribution in [1.29, 1.82) is 0 Å². The van der Waals surface area contributed by atoms with Gasteiger partial charge in [-0.3, -0.25) is 9.10 Å². The molecule has 0 bridgehead atoms. The molecule has 1 atom stereocenters. The number of carbonyl (C=O) groups excluding carboxylic acids is 1. The predicted octanol–water partition coefficient (Wildman–Crippen LogP) is 2.75. The van der Waals surface area contributed by atoms with E-state index in [2.05, 4.69) is 5.32 Å². The predicted molar refractivity (Wildman–Crippen MR) is 118 cm³/mol. The molecule has 168 valence electrons. The summed E-state index contributed by atoms with van der Waals surface area (Å²) in [5.41, 5.74) is 1.36. The lowest BCUT2D eigenvalue weighted by atomic mass is 9.97. The maximum Gasteiger partial charge on any atom is 0.265 e. The molecule has 0 spiro atoms. The second kappa shape index (κ2) is 9.05. The molecule has 0 fully saturated rings. The molecule has 9 heteroatoms. The van der Waals surface area contributed by atoms with Crippen molar-refractivity contribution in [3.8, 4) is 17.2 Å². The first-order chi connectivity index (χ1) is 14.7. The third-order valence-corrected chi connectivity index (χ3v) is 6.93. The Hall–Kier alpha value is -2.94. The molecule has 3 rings (SSSR count). The minimum atomic E-state index is -4.14. The number of amides is 1. The lowest BCUT2D eigenvalue weighted by molar-refractivity contribution is -0.122. The molecule has 1 N–H and O–H groups in total. The number of methoxy groups -OCH3 is 3. The van der Waals surface area contributed by atoms with E-state index < -0.39 is 16.1 Å². The summed E-state index contributed by atoms with van der Waals surface area (Å²) in [5.74, 6) is 0.389. The average molecular weight is 449 g/mol. The van der Waals surface area contributed by atoms with Crippen molar-refractivity contribution in [3.05, 3.63) is 42.0 Å². The van der Waals surface area contributed by atoms with Crippen LogP contribution in [0.5, 0.6) is 17.2 Å². The summed E-state index contributed by atoms with van der Waals surface area (Å²) in [5, 5.41) is 2.85. The number of aryl methyl sites for hydroxylation is 1. The van der Waals surface area contributed by atoms with Crippen LogP contribution in [0.15, 0.2) is 41.3 Å². The molecule has 1 unspecified atom stereocenters. The Morgan fingerprint density at radius 3 is 2.23 bits per heavy atom. The van der Waals surface area contributed by atoms with Gasteiger partial charge in [-0.15, -0.1) is 0 Å². The van der Waals surface area contributed by atoms with E-state index in [9.17, 15) is 13.2 Å². The van der Waals surface area contributed by atoms with Crippen molar-refractivity contribution in [1.82, 2.24) is 5.32 Å². The minimum absolute atomic E-state index is 0.0546. The summed E-state index contributed by atoms with van der Waals surface area (Å²) in [6.45, 7) is 3.68. The molecule has 1 heterocycles. The lowest BCUT2D eigenvalue weighted by Gasteiger charge is -2.37. The van der Waals surface area contributed by atoms with E-state index >= 15 is 0 Å². The second-order valence-electron chi connectivity index (χ2n) is 7.51. The van der Waals surface area contributed by atoms with E-state index in [1.807, 2.05) is 26.0 Å². The molecular formula is C22H28N2O6S. The van der Waals surface area contributed by atoms with Crippen molar-refractivity contribution in [3.63, 3.8) is 0 Å². The summed E-state index contributed by atoms with van der Waals surface area (Å²) in [6.07, 6.45) is 0.979. The van der Waals surface area contributed by atoms with Gasteiger partial charge in [0, 0.05) is 18.2 Å². The van der Waals surface area contributed by atoms with E-state index in [-0.39, 0.29) is 34.1 Å². The van der Waals surface area contributed by atoms with Crippen molar-refractivity contribution in [2.75, 3.05) is 25.6 Å². The van der Waals surface area contributed by atoms with Crippen LogP contribution in [0.1, 0.15) is 25.8 Å². The van der Waals surface area contributed by atoms with E-state index in [1.165, 1.54) is 37.8 Å². The Morgan fingerprint density at radius 1 is 1.06 bits per heavy atom. The van der Waals surface area contributed by atoms with Crippen LogP contribution in [0.4, 0.5) is 5.69 Å². The number of hydrogen-bond donors (Lipinski definition) is 1. The summed E-state index contributed by atoms with van der Waals surface area (Å²) in [7, 11) is 0.146. The zero-order chi connectivity index (χ0) is 22.8. The van der Waals surface area contributed by atoms with Crippen LogP contribution in [0, 0.1) is 0 Å². The topological polar surface area (TPSA) is 94.2 Å². The number of anilines is 1. The van der Waals surface area contributed by atoms with Gasteiger partial charge in [-0.1, -0.05) is 18.2 Å². The Kier molecular flexibility index (Phi) is 6.64. The zero-order valence-corrected chi connectivity index (χ0v) is 19.2. The Morgan fingerprint density at radius 2 is 1.68 bits per heavy atom. The molecule has 8 nitrogen and oxygen atoms in total. The SMILES string of the molecule is COc1cc(S(=O)(=O)N2c3ccccc3CCC2C(=O)NC(C)C)cc(OC)c1OC. The number of fused-ring (bicyclic) bond motifs is 1. The Labute approximate surface area is 183 Å². The number of para-hydroxylation sites is 1. The summed E-state index contributed by atoms with van der Waals surface area (Å²) in [4.78, 5) is 12.9. The van der Waals surface area contributed by atoms with Gasteiger partial charge in [0.05, 0.1) is 31.9 Å². The van der Waals surface area contributed by atoms with Gasteiger partial charge in [0.15, 0.2) is 11.5 Å². The molecule has 2 aromatic carbocycles. The number of nitrogens with one attached hydrogen (secondary N) is 1. The molecule has 0 aliphatic carbocycles. The van der Waals surface area contributed by atoms with Crippen LogP contribution in [0.25, 0.3) is 0 Å².